The summed E-state index contributed by atoms with van der Waals surface area (Å²) in [5.74, 6) is 0. The topological polar surface area (TPSA) is 106 Å². The highest BCUT2D eigenvalue weighted by molar-refractivity contribution is 5.80. The lowest BCUT2D eigenvalue weighted by Gasteiger charge is -2.26. The van der Waals surface area contributed by atoms with E-state index in [4.69, 9.17) is 4.74 Å². The standard InChI is InChI=1S/C18H23N5O4/c1-14-17(13-19-7-2-8-21-9-11-27-12-10-21)18(24)22(20-14)15-3-5-16(6-4-15)23(25)26/h3-6,13,20H,2,7-12H2,1H3. The average molecular weight is 373 g/mol. The molecule has 0 radical (unpaired) electrons. The Morgan fingerprint density at radius 3 is 2.67 bits per heavy atom. The third-order valence-corrected chi connectivity index (χ3v) is 4.52. The molecule has 27 heavy (non-hydrogen) atoms. The summed E-state index contributed by atoms with van der Waals surface area (Å²) < 4.78 is 6.69. The van der Waals surface area contributed by atoms with Gasteiger partial charge in [0.25, 0.3) is 11.2 Å². The van der Waals surface area contributed by atoms with Gasteiger partial charge in [0.05, 0.1) is 29.4 Å². The Morgan fingerprint density at radius 1 is 1.30 bits per heavy atom. The number of rotatable bonds is 7. The fourth-order valence-electron chi connectivity index (χ4n) is 2.98. The molecule has 1 saturated heterocycles. The molecule has 0 aliphatic carbocycles. The Kier molecular flexibility index (Phi) is 6.15. The molecular weight excluding hydrogens is 350 g/mol. The van der Waals surface area contributed by atoms with Crippen LogP contribution in [-0.4, -0.2) is 65.2 Å². The molecule has 1 N–H and O–H groups in total. The molecule has 9 nitrogen and oxygen atoms in total. The van der Waals surface area contributed by atoms with Crippen molar-refractivity contribution in [1.29, 1.82) is 0 Å². The monoisotopic (exact) mass is 373 g/mol. The zero-order valence-corrected chi connectivity index (χ0v) is 15.3. The number of aromatic amines is 1. The fraction of sp³-hybridized carbons (Fsp3) is 0.444. The van der Waals surface area contributed by atoms with Crippen LogP contribution < -0.4 is 5.56 Å². The summed E-state index contributed by atoms with van der Waals surface area (Å²) in [6.07, 6.45) is 2.53. The molecule has 0 saturated carbocycles. The Balaban J connectivity index is 1.63. The predicted octanol–water partition coefficient (Wildman–Crippen LogP) is 1.52. The van der Waals surface area contributed by atoms with Gasteiger partial charge in [-0.2, -0.15) is 0 Å². The minimum atomic E-state index is -0.471. The second-order valence-electron chi connectivity index (χ2n) is 6.41. The van der Waals surface area contributed by atoms with Gasteiger partial charge in [0.15, 0.2) is 0 Å². The number of nitrogens with one attached hydrogen (secondary N) is 1. The molecule has 144 valence electrons. The number of aromatic nitrogens is 2. The van der Waals surface area contributed by atoms with E-state index >= 15 is 0 Å². The van der Waals surface area contributed by atoms with Crippen molar-refractivity contribution in [1.82, 2.24) is 14.7 Å². The normalized spacial score (nSPS) is 15.4. The van der Waals surface area contributed by atoms with Crippen molar-refractivity contribution in [3.8, 4) is 5.69 Å². The number of ether oxygens (including phenoxy) is 1. The van der Waals surface area contributed by atoms with Gasteiger partial charge >= 0.3 is 0 Å². The van der Waals surface area contributed by atoms with E-state index in [2.05, 4.69) is 15.0 Å². The first-order chi connectivity index (χ1) is 13.1. The second-order valence-corrected chi connectivity index (χ2v) is 6.41. The third kappa shape index (κ3) is 4.69. The van der Waals surface area contributed by atoms with Crippen LogP contribution in [0.25, 0.3) is 5.69 Å². The van der Waals surface area contributed by atoms with Crippen molar-refractivity contribution in [2.24, 2.45) is 4.99 Å². The molecule has 0 spiro atoms. The lowest BCUT2D eigenvalue weighted by atomic mass is 10.2. The smallest absolute Gasteiger partial charge is 0.280 e. The minimum absolute atomic E-state index is 0.0165. The maximum Gasteiger partial charge on any atom is 0.280 e. The van der Waals surface area contributed by atoms with Crippen LogP contribution in [0.3, 0.4) is 0 Å². The number of hydrogen-bond donors (Lipinski definition) is 1. The van der Waals surface area contributed by atoms with Crippen molar-refractivity contribution in [3.63, 3.8) is 0 Å². The van der Waals surface area contributed by atoms with E-state index in [0.29, 0.717) is 23.5 Å². The molecule has 1 aromatic heterocycles. The number of morpholine rings is 1. The van der Waals surface area contributed by atoms with Crippen LogP contribution >= 0.6 is 0 Å². The summed E-state index contributed by atoms with van der Waals surface area (Å²) in [6, 6.07) is 5.83. The number of aliphatic imine (C=N–C) groups is 1. The minimum Gasteiger partial charge on any atom is -0.379 e. The summed E-state index contributed by atoms with van der Waals surface area (Å²) >= 11 is 0. The lowest BCUT2D eigenvalue weighted by molar-refractivity contribution is -0.384. The zero-order chi connectivity index (χ0) is 19.2. The van der Waals surface area contributed by atoms with Crippen LogP contribution in [-0.2, 0) is 4.74 Å². The number of non-ortho nitro benzene ring substituents is 1. The van der Waals surface area contributed by atoms with E-state index in [-0.39, 0.29) is 11.2 Å². The molecule has 9 heteroatoms. The van der Waals surface area contributed by atoms with Crippen LogP contribution in [0.5, 0.6) is 0 Å². The predicted molar refractivity (Wildman–Crippen MR) is 102 cm³/mol. The van der Waals surface area contributed by atoms with Gasteiger partial charge in [-0.25, -0.2) is 4.68 Å². The van der Waals surface area contributed by atoms with E-state index < -0.39 is 4.92 Å². The van der Waals surface area contributed by atoms with Crippen molar-refractivity contribution >= 4 is 11.9 Å². The van der Waals surface area contributed by atoms with Crippen molar-refractivity contribution in [2.45, 2.75) is 13.3 Å². The highest BCUT2D eigenvalue weighted by Gasteiger charge is 2.12. The van der Waals surface area contributed by atoms with E-state index in [0.717, 1.165) is 39.3 Å². The highest BCUT2D eigenvalue weighted by Crippen LogP contribution is 2.14. The van der Waals surface area contributed by atoms with Crippen molar-refractivity contribution in [2.75, 3.05) is 39.4 Å². The summed E-state index contributed by atoms with van der Waals surface area (Å²) in [7, 11) is 0. The summed E-state index contributed by atoms with van der Waals surface area (Å²) in [5.41, 5.74) is 1.51. The largest absolute Gasteiger partial charge is 0.379 e. The first-order valence-corrected chi connectivity index (χ1v) is 8.92. The molecular formula is C18H23N5O4. The van der Waals surface area contributed by atoms with Crippen molar-refractivity contribution < 1.29 is 9.66 Å². The molecule has 0 amide bonds. The maximum absolute atomic E-state index is 12.6. The second kappa shape index (κ2) is 8.74. The fourth-order valence-corrected chi connectivity index (χ4v) is 2.98. The molecule has 0 unspecified atom stereocenters. The summed E-state index contributed by atoms with van der Waals surface area (Å²) in [5, 5.41) is 13.7. The van der Waals surface area contributed by atoms with Gasteiger partial charge in [-0.3, -0.25) is 29.9 Å². The van der Waals surface area contributed by atoms with Gasteiger partial charge < -0.3 is 4.74 Å². The lowest BCUT2D eigenvalue weighted by Crippen LogP contribution is -2.37. The van der Waals surface area contributed by atoms with E-state index in [1.54, 1.807) is 25.3 Å². The van der Waals surface area contributed by atoms with Crippen LogP contribution in [0, 0.1) is 17.0 Å². The van der Waals surface area contributed by atoms with Gasteiger partial charge in [0.2, 0.25) is 0 Å². The first kappa shape index (κ1) is 19.0. The number of aryl methyl sites for hydroxylation is 1. The zero-order valence-electron chi connectivity index (χ0n) is 15.3. The molecule has 2 aromatic rings. The van der Waals surface area contributed by atoms with E-state index in [9.17, 15) is 14.9 Å². The number of nitro groups is 1. The third-order valence-electron chi connectivity index (χ3n) is 4.52. The number of H-pyrrole nitrogens is 1. The summed E-state index contributed by atoms with van der Waals surface area (Å²) in [6.45, 7) is 6.92. The SMILES string of the molecule is Cc1[nH]n(-c2ccc([N+](=O)[O-])cc2)c(=O)c1C=NCCCN1CCOCC1. The maximum atomic E-state index is 12.6. The molecule has 0 bridgehead atoms. The molecule has 0 atom stereocenters. The quantitative estimate of drug-likeness (QED) is 0.343. The van der Waals surface area contributed by atoms with Crippen molar-refractivity contribution in [3.05, 3.63) is 56.0 Å². The first-order valence-electron chi connectivity index (χ1n) is 8.92. The van der Waals surface area contributed by atoms with Crippen LogP contribution in [0.4, 0.5) is 5.69 Å². The Morgan fingerprint density at radius 2 is 2.00 bits per heavy atom. The van der Waals surface area contributed by atoms with E-state index in [1.807, 2.05) is 0 Å². The molecule has 2 heterocycles. The molecule has 1 aliphatic heterocycles. The van der Waals surface area contributed by atoms with Gasteiger partial charge in [-0.05, 0) is 25.5 Å². The Hall–Kier alpha value is -2.78. The van der Waals surface area contributed by atoms with Crippen LogP contribution in [0.2, 0.25) is 0 Å². The molecule has 1 aromatic carbocycles. The van der Waals surface area contributed by atoms with Gasteiger partial charge in [-0.15, -0.1) is 0 Å². The number of benzene rings is 1. The molecule has 1 fully saturated rings. The summed E-state index contributed by atoms with van der Waals surface area (Å²) in [4.78, 5) is 29.6. The Bertz CT molecular complexity index is 863. The number of nitro benzene ring substituents is 1. The van der Waals surface area contributed by atoms with E-state index in [1.165, 1.54) is 16.8 Å². The van der Waals surface area contributed by atoms with Crippen LogP contribution in [0.1, 0.15) is 17.7 Å². The average Bonchev–Trinajstić information content (AvgIpc) is 2.96. The molecule has 1 aliphatic rings. The van der Waals surface area contributed by atoms with Gasteiger partial charge in [0.1, 0.15) is 0 Å². The van der Waals surface area contributed by atoms with Gasteiger partial charge in [0, 0.05) is 50.2 Å². The number of hydrogen-bond acceptors (Lipinski definition) is 6. The number of nitrogens with zero attached hydrogens (tertiary/aromatic N) is 4. The molecule has 3 rings (SSSR count). The van der Waals surface area contributed by atoms with Crippen LogP contribution in [0.15, 0.2) is 34.1 Å². The Labute approximate surface area is 156 Å². The van der Waals surface area contributed by atoms with Gasteiger partial charge in [-0.1, -0.05) is 0 Å². The highest BCUT2D eigenvalue weighted by atomic mass is 16.6.